The fourth-order valence-corrected chi connectivity index (χ4v) is 6.37. The summed E-state index contributed by atoms with van der Waals surface area (Å²) in [5.41, 5.74) is 0. The molecule has 1 aromatic rings. The number of halogens is 2. The molecule has 7 heteroatoms. The standard InChI is InChI=1S/C13H16BrClN2O2S/c14-12-7-9(15)1-4-13(12)20(18,19)17-10-2-3-11(17)8-16-6-5-10/h1,4,7,10-11,16H,2-3,5-6,8H2. The summed E-state index contributed by atoms with van der Waals surface area (Å²) in [6.07, 6.45) is 2.76. The van der Waals surface area contributed by atoms with Gasteiger partial charge in [-0.15, -0.1) is 0 Å². The zero-order valence-electron chi connectivity index (χ0n) is 10.9. The molecule has 2 atom stereocenters. The van der Waals surface area contributed by atoms with Gasteiger partial charge in [0, 0.05) is 28.1 Å². The van der Waals surface area contributed by atoms with Crippen LogP contribution in [0.4, 0.5) is 0 Å². The van der Waals surface area contributed by atoms with Crippen molar-refractivity contribution in [2.75, 3.05) is 13.1 Å². The van der Waals surface area contributed by atoms with Crippen LogP contribution in [0.5, 0.6) is 0 Å². The Balaban J connectivity index is 2.03. The maximum absolute atomic E-state index is 13.0. The number of rotatable bonds is 2. The van der Waals surface area contributed by atoms with Crippen LogP contribution in [0.25, 0.3) is 0 Å². The Morgan fingerprint density at radius 2 is 2.00 bits per heavy atom. The Labute approximate surface area is 132 Å². The van der Waals surface area contributed by atoms with Gasteiger partial charge in [-0.3, -0.25) is 0 Å². The average molecular weight is 380 g/mol. The summed E-state index contributed by atoms with van der Waals surface area (Å²) >= 11 is 9.22. The fourth-order valence-electron chi connectivity index (χ4n) is 3.13. The van der Waals surface area contributed by atoms with Gasteiger partial charge in [0.1, 0.15) is 0 Å². The molecule has 0 amide bonds. The third-order valence-electron chi connectivity index (χ3n) is 4.04. The number of hydrogen-bond donors (Lipinski definition) is 1. The van der Waals surface area contributed by atoms with E-state index in [1.165, 1.54) is 0 Å². The van der Waals surface area contributed by atoms with Crippen LogP contribution in [0.3, 0.4) is 0 Å². The van der Waals surface area contributed by atoms with Gasteiger partial charge < -0.3 is 5.32 Å². The molecule has 0 aromatic heterocycles. The smallest absolute Gasteiger partial charge is 0.244 e. The summed E-state index contributed by atoms with van der Waals surface area (Å²) in [6, 6.07) is 5.01. The average Bonchev–Trinajstić information content (AvgIpc) is 2.63. The third-order valence-corrected chi connectivity index (χ3v) is 7.25. The van der Waals surface area contributed by atoms with E-state index in [-0.39, 0.29) is 12.1 Å². The van der Waals surface area contributed by atoms with Crippen molar-refractivity contribution >= 4 is 37.6 Å². The summed E-state index contributed by atoms with van der Waals surface area (Å²) in [6.45, 7) is 1.62. The molecule has 3 rings (SSSR count). The molecule has 2 saturated heterocycles. The molecule has 2 aliphatic rings. The lowest BCUT2D eigenvalue weighted by Crippen LogP contribution is -2.42. The molecule has 1 aromatic carbocycles. The van der Waals surface area contributed by atoms with E-state index in [0.717, 1.165) is 32.4 Å². The first-order valence-corrected chi connectivity index (χ1v) is 9.30. The molecule has 2 heterocycles. The predicted octanol–water partition coefficient (Wildman–Crippen LogP) is 2.62. The Morgan fingerprint density at radius 3 is 2.75 bits per heavy atom. The van der Waals surface area contributed by atoms with Crippen LogP contribution in [0.15, 0.2) is 27.6 Å². The van der Waals surface area contributed by atoms with Crippen LogP contribution in [-0.4, -0.2) is 37.9 Å². The summed E-state index contributed by atoms with van der Waals surface area (Å²) in [7, 11) is -3.48. The highest BCUT2D eigenvalue weighted by Gasteiger charge is 2.43. The van der Waals surface area contributed by atoms with Gasteiger partial charge in [-0.25, -0.2) is 8.42 Å². The topological polar surface area (TPSA) is 49.4 Å². The molecule has 0 spiro atoms. The molecule has 0 saturated carbocycles. The highest BCUT2D eigenvalue weighted by atomic mass is 79.9. The van der Waals surface area contributed by atoms with Crippen LogP contribution >= 0.6 is 27.5 Å². The zero-order chi connectivity index (χ0) is 14.3. The van der Waals surface area contributed by atoms with Gasteiger partial charge in [-0.2, -0.15) is 4.31 Å². The second-order valence-corrected chi connectivity index (χ2v) is 8.39. The van der Waals surface area contributed by atoms with Crippen molar-refractivity contribution in [3.63, 3.8) is 0 Å². The van der Waals surface area contributed by atoms with Crippen molar-refractivity contribution in [1.29, 1.82) is 0 Å². The molecule has 4 nitrogen and oxygen atoms in total. The predicted molar refractivity (Wildman–Crippen MR) is 82.5 cm³/mol. The summed E-state index contributed by atoms with van der Waals surface area (Å²) in [5.74, 6) is 0. The molecular weight excluding hydrogens is 364 g/mol. The first kappa shape index (κ1) is 14.8. The van der Waals surface area contributed by atoms with E-state index >= 15 is 0 Å². The van der Waals surface area contributed by atoms with Crippen molar-refractivity contribution in [3.8, 4) is 0 Å². The van der Waals surface area contributed by atoms with Gasteiger partial charge in [0.05, 0.1) is 4.90 Å². The van der Waals surface area contributed by atoms with Crippen molar-refractivity contribution in [1.82, 2.24) is 9.62 Å². The minimum Gasteiger partial charge on any atom is -0.315 e. The number of nitrogens with zero attached hydrogens (tertiary/aromatic N) is 1. The van der Waals surface area contributed by atoms with Crippen molar-refractivity contribution < 1.29 is 8.42 Å². The Morgan fingerprint density at radius 1 is 1.25 bits per heavy atom. The number of benzene rings is 1. The third kappa shape index (κ3) is 2.52. The Bertz CT molecular complexity index is 609. The van der Waals surface area contributed by atoms with E-state index < -0.39 is 10.0 Å². The first-order valence-electron chi connectivity index (χ1n) is 6.69. The molecule has 0 aliphatic carbocycles. The van der Waals surface area contributed by atoms with Crippen LogP contribution in [0.1, 0.15) is 19.3 Å². The van der Waals surface area contributed by atoms with E-state index in [2.05, 4.69) is 21.2 Å². The van der Waals surface area contributed by atoms with Gasteiger partial charge in [-0.05, 0) is 59.9 Å². The van der Waals surface area contributed by atoms with Crippen molar-refractivity contribution in [2.45, 2.75) is 36.2 Å². The fraction of sp³-hybridized carbons (Fsp3) is 0.538. The van der Waals surface area contributed by atoms with Crippen LogP contribution in [0.2, 0.25) is 5.02 Å². The molecule has 2 unspecified atom stereocenters. The molecule has 2 aliphatic heterocycles. The van der Waals surface area contributed by atoms with Crippen molar-refractivity contribution in [2.24, 2.45) is 0 Å². The molecule has 110 valence electrons. The molecule has 2 bridgehead atoms. The quantitative estimate of drug-likeness (QED) is 0.859. The lowest BCUT2D eigenvalue weighted by molar-refractivity contribution is 0.334. The lowest BCUT2D eigenvalue weighted by Gasteiger charge is -2.27. The second kappa shape index (κ2) is 5.57. The van der Waals surface area contributed by atoms with Gasteiger partial charge in [-0.1, -0.05) is 11.6 Å². The molecular formula is C13H16BrClN2O2S. The minimum atomic E-state index is -3.48. The van der Waals surface area contributed by atoms with Gasteiger partial charge >= 0.3 is 0 Å². The first-order chi connectivity index (χ1) is 9.50. The summed E-state index contributed by atoms with van der Waals surface area (Å²) in [5, 5.41) is 3.84. The van der Waals surface area contributed by atoms with Crippen LogP contribution in [0, 0.1) is 0 Å². The second-order valence-electron chi connectivity index (χ2n) is 5.29. The summed E-state index contributed by atoms with van der Waals surface area (Å²) < 4.78 is 28.2. The zero-order valence-corrected chi connectivity index (χ0v) is 14.0. The van der Waals surface area contributed by atoms with Crippen molar-refractivity contribution in [3.05, 3.63) is 27.7 Å². The van der Waals surface area contributed by atoms with E-state index in [0.29, 0.717) is 14.4 Å². The number of hydrogen-bond acceptors (Lipinski definition) is 3. The molecule has 2 fully saturated rings. The minimum absolute atomic E-state index is 0.0649. The van der Waals surface area contributed by atoms with E-state index in [1.54, 1.807) is 22.5 Å². The Hall–Kier alpha value is -0.140. The highest BCUT2D eigenvalue weighted by molar-refractivity contribution is 9.10. The van der Waals surface area contributed by atoms with E-state index in [1.807, 2.05) is 0 Å². The largest absolute Gasteiger partial charge is 0.315 e. The maximum atomic E-state index is 13.0. The molecule has 20 heavy (non-hydrogen) atoms. The SMILES string of the molecule is O=S(=O)(c1ccc(Cl)cc1Br)N1C2CCNCC1CC2. The number of sulfonamides is 1. The van der Waals surface area contributed by atoms with Crippen LogP contribution in [-0.2, 0) is 10.0 Å². The van der Waals surface area contributed by atoms with E-state index in [4.69, 9.17) is 11.6 Å². The van der Waals surface area contributed by atoms with Crippen LogP contribution < -0.4 is 5.32 Å². The monoisotopic (exact) mass is 378 g/mol. The van der Waals surface area contributed by atoms with Gasteiger partial charge in [0.25, 0.3) is 0 Å². The van der Waals surface area contributed by atoms with E-state index in [9.17, 15) is 8.42 Å². The molecule has 0 radical (unpaired) electrons. The lowest BCUT2D eigenvalue weighted by atomic mass is 10.1. The Kier molecular flexibility index (Phi) is 4.12. The van der Waals surface area contributed by atoms with Gasteiger partial charge in [0.2, 0.25) is 10.0 Å². The number of fused-ring (bicyclic) bond motifs is 2. The number of nitrogens with one attached hydrogen (secondary N) is 1. The normalized spacial score (nSPS) is 27.5. The van der Waals surface area contributed by atoms with Gasteiger partial charge in [0.15, 0.2) is 0 Å². The summed E-state index contributed by atoms with van der Waals surface area (Å²) in [4.78, 5) is 0.306. The highest BCUT2D eigenvalue weighted by Crippen LogP contribution is 2.36. The molecule has 1 N–H and O–H groups in total. The maximum Gasteiger partial charge on any atom is 0.244 e.